The van der Waals surface area contributed by atoms with Crippen LogP contribution in [0.2, 0.25) is 0 Å². The molecular weight excluding hydrogens is 367 g/mol. The fourth-order valence-corrected chi connectivity index (χ4v) is 3.63. The van der Waals surface area contributed by atoms with Crippen molar-refractivity contribution in [3.05, 3.63) is 35.4 Å². The molecule has 1 saturated carbocycles. The third kappa shape index (κ3) is 4.75. The quantitative estimate of drug-likeness (QED) is 0.773. The molecule has 1 amide bonds. The maximum Gasteiger partial charge on any atom is 0.416 e. The molecular formula is C16H18F3N5OS. The highest BCUT2D eigenvalue weighted by Crippen LogP contribution is 2.31. The Labute approximate surface area is 152 Å². The number of carbonyl (C=O) groups is 1. The number of alkyl halides is 3. The molecule has 10 heteroatoms. The van der Waals surface area contributed by atoms with Gasteiger partial charge >= 0.3 is 6.18 Å². The van der Waals surface area contributed by atoms with Crippen molar-refractivity contribution < 1.29 is 18.0 Å². The number of hydrogen-bond acceptors (Lipinski definition) is 5. The third-order valence-electron chi connectivity index (χ3n) is 4.24. The second-order valence-corrected chi connectivity index (χ2v) is 7.05. The van der Waals surface area contributed by atoms with Gasteiger partial charge in [0, 0.05) is 6.54 Å². The molecule has 0 unspecified atom stereocenters. The summed E-state index contributed by atoms with van der Waals surface area (Å²) >= 11 is 1.26. The second-order valence-electron chi connectivity index (χ2n) is 6.10. The molecule has 0 atom stereocenters. The molecule has 1 aromatic heterocycles. The van der Waals surface area contributed by atoms with Crippen molar-refractivity contribution in [3.63, 3.8) is 0 Å². The van der Waals surface area contributed by atoms with Crippen molar-refractivity contribution in [2.45, 2.75) is 49.6 Å². The minimum atomic E-state index is -4.36. The SMILES string of the molecule is O=C(CSc1nnnn1C1CCCC1)NCc1ccc(C(F)(F)F)cc1. The van der Waals surface area contributed by atoms with Crippen LogP contribution in [0, 0.1) is 0 Å². The highest BCUT2D eigenvalue weighted by Gasteiger charge is 2.29. The highest BCUT2D eigenvalue weighted by molar-refractivity contribution is 7.99. The molecule has 0 radical (unpaired) electrons. The molecule has 0 saturated heterocycles. The summed E-state index contributed by atoms with van der Waals surface area (Å²) in [5, 5.41) is 15.0. The van der Waals surface area contributed by atoms with E-state index in [0.717, 1.165) is 37.8 Å². The normalized spacial score (nSPS) is 15.3. The van der Waals surface area contributed by atoms with Crippen LogP contribution in [0.4, 0.5) is 13.2 Å². The number of aromatic nitrogens is 4. The van der Waals surface area contributed by atoms with Crippen LogP contribution in [0.1, 0.15) is 42.9 Å². The van der Waals surface area contributed by atoms with Gasteiger partial charge in [-0.1, -0.05) is 36.7 Å². The Morgan fingerprint density at radius 1 is 1.23 bits per heavy atom. The number of nitrogens with zero attached hydrogens (tertiary/aromatic N) is 4. The molecule has 1 heterocycles. The van der Waals surface area contributed by atoms with Crippen LogP contribution < -0.4 is 5.32 Å². The van der Waals surface area contributed by atoms with Crippen LogP contribution in [-0.4, -0.2) is 31.9 Å². The molecule has 1 aromatic carbocycles. The molecule has 0 bridgehead atoms. The van der Waals surface area contributed by atoms with Gasteiger partial charge in [0.2, 0.25) is 11.1 Å². The van der Waals surface area contributed by atoms with Crippen LogP contribution in [0.5, 0.6) is 0 Å². The van der Waals surface area contributed by atoms with E-state index in [0.29, 0.717) is 16.8 Å². The van der Waals surface area contributed by atoms with Crippen molar-refractivity contribution in [2.24, 2.45) is 0 Å². The molecule has 1 aliphatic carbocycles. The van der Waals surface area contributed by atoms with E-state index >= 15 is 0 Å². The monoisotopic (exact) mass is 385 g/mol. The number of carbonyl (C=O) groups excluding carboxylic acids is 1. The van der Waals surface area contributed by atoms with Gasteiger partial charge in [0.1, 0.15) is 0 Å². The van der Waals surface area contributed by atoms with Crippen molar-refractivity contribution >= 4 is 17.7 Å². The highest BCUT2D eigenvalue weighted by atomic mass is 32.2. The zero-order valence-corrected chi connectivity index (χ0v) is 14.7. The van der Waals surface area contributed by atoms with Crippen LogP contribution in [-0.2, 0) is 17.5 Å². The smallest absolute Gasteiger partial charge is 0.351 e. The Morgan fingerprint density at radius 2 is 1.92 bits per heavy atom. The van der Waals surface area contributed by atoms with Gasteiger partial charge < -0.3 is 5.32 Å². The molecule has 1 N–H and O–H groups in total. The number of tetrazole rings is 1. The zero-order chi connectivity index (χ0) is 18.6. The van der Waals surface area contributed by atoms with Gasteiger partial charge in [-0.05, 0) is 41.0 Å². The van der Waals surface area contributed by atoms with E-state index in [-0.39, 0.29) is 18.2 Å². The molecule has 1 aliphatic rings. The summed E-state index contributed by atoms with van der Waals surface area (Å²) in [6.45, 7) is 0.172. The van der Waals surface area contributed by atoms with E-state index < -0.39 is 11.7 Å². The van der Waals surface area contributed by atoms with E-state index in [1.165, 1.54) is 23.9 Å². The van der Waals surface area contributed by atoms with Crippen LogP contribution in [0.15, 0.2) is 29.4 Å². The second kappa shape index (κ2) is 8.07. The van der Waals surface area contributed by atoms with E-state index in [9.17, 15) is 18.0 Å². The van der Waals surface area contributed by atoms with Crippen molar-refractivity contribution in [1.29, 1.82) is 0 Å². The summed E-state index contributed by atoms with van der Waals surface area (Å²) in [4.78, 5) is 12.0. The number of nitrogens with one attached hydrogen (secondary N) is 1. The number of halogens is 3. The lowest BCUT2D eigenvalue weighted by molar-refractivity contribution is -0.137. The predicted molar refractivity (Wildman–Crippen MR) is 89.3 cm³/mol. The van der Waals surface area contributed by atoms with Crippen LogP contribution in [0.25, 0.3) is 0 Å². The minimum Gasteiger partial charge on any atom is -0.351 e. The van der Waals surface area contributed by atoms with E-state index in [4.69, 9.17) is 0 Å². The summed E-state index contributed by atoms with van der Waals surface area (Å²) in [5.41, 5.74) is -0.103. The summed E-state index contributed by atoms with van der Waals surface area (Å²) < 4.78 is 39.3. The predicted octanol–water partition coefficient (Wildman–Crippen LogP) is 3.22. The van der Waals surface area contributed by atoms with E-state index in [2.05, 4.69) is 20.8 Å². The first-order chi connectivity index (χ1) is 12.4. The molecule has 3 rings (SSSR count). The lowest BCUT2D eigenvalue weighted by atomic mass is 10.1. The van der Waals surface area contributed by atoms with E-state index in [1.54, 1.807) is 4.68 Å². The first-order valence-corrected chi connectivity index (χ1v) is 9.25. The molecule has 140 valence electrons. The maximum absolute atomic E-state index is 12.5. The minimum absolute atomic E-state index is 0.147. The number of hydrogen-bond donors (Lipinski definition) is 1. The number of amides is 1. The fourth-order valence-electron chi connectivity index (χ4n) is 2.85. The maximum atomic E-state index is 12.5. The topological polar surface area (TPSA) is 72.7 Å². The molecule has 0 aliphatic heterocycles. The van der Waals surface area contributed by atoms with Gasteiger partial charge in [0.25, 0.3) is 0 Å². The van der Waals surface area contributed by atoms with Crippen molar-refractivity contribution in [3.8, 4) is 0 Å². The Hall–Kier alpha value is -2.10. The van der Waals surface area contributed by atoms with Crippen LogP contribution in [0.3, 0.4) is 0 Å². The van der Waals surface area contributed by atoms with E-state index in [1.807, 2.05) is 0 Å². The third-order valence-corrected chi connectivity index (χ3v) is 5.17. The van der Waals surface area contributed by atoms with Gasteiger partial charge in [-0.2, -0.15) is 13.2 Å². The Kier molecular flexibility index (Phi) is 5.80. The molecule has 1 fully saturated rings. The Balaban J connectivity index is 1.47. The standard InChI is InChI=1S/C16H18F3N5OS/c17-16(18,19)12-7-5-11(6-8-12)9-20-14(25)10-26-15-21-22-23-24(15)13-3-1-2-4-13/h5-8,13H,1-4,9-10H2,(H,20,25). The first kappa shape index (κ1) is 18.7. The first-order valence-electron chi connectivity index (χ1n) is 8.27. The summed E-state index contributed by atoms with van der Waals surface area (Å²) in [6, 6.07) is 5.02. The van der Waals surface area contributed by atoms with Gasteiger partial charge in [0.15, 0.2) is 0 Å². The summed E-state index contributed by atoms with van der Waals surface area (Å²) in [5.74, 6) is -0.0795. The number of rotatable bonds is 6. The van der Waals surface area contributed by atoms with Gasteiger partial charge in [-0.15, -0.1) is 5.10 Å². The number of thioether (sulfide) groups is 1. The summed E-state index contributed by atoms with van der Waals surface area (Å²) in [7, 11) is 0. The Morgan fingerprint density at radius 3 is 2.58 bits per heavy atom. The fraction of sp³-hybridized carbons (Fsp3) is 0.500. The molecule has 26 heavy (non-hydrogen) atoms. The molecule has 2 aromatic rings. The Bertz CT molecular complexity index is 741. The van der Waals surface area contributed by atoms with Crippen molar-refractivity contribution in [1.82, 2.24) is 25.5 Å². The largest absolute Gasteiger partial charge is 0.416 e. The van der Waals surface area contributed by atoms with Gasteiger partial charge in [0.05, 0.1) is 17.4 Å². The molecule has 0 spiro atoms. The molecule has 6 nitrogen and oxygen atoms in total. The lowest BCUT2D eigenvalue weighted by Gasteiger charge is -2.11. The average Bonchev–Trinajstić information content (AvgIpc) is 3.28. The van der Waals surface area contributed by atoms with Crippen molar-refractivity contribution in [2.75, 3.05) is 5.75 Å². The van der Waals surface area contributed by atoms with Gasteiger partial charge in [-0.25, -0.2) is 4.68 Å². The lowest BCUT2D eigenvalue weighted by Crippen LogP contribution is -2.25. The summed E-state index contributed by atoms with van der Waals surface area (Å²) in [6.07, 6.45) is 0.0314. The average molecular weight is 385 g/mol. The van der Waals surface area contributed by atoms with Gasteiger partial charge in [-0.3, -0.25) is 4.79 Å². The van der Waals surface area contributed by atoms with Crippen LogP contribution >= 0.6 is 11.8 Å². The number of benzene rings is 1. The zero-order valence-electron chi connectivity index (χ0n) is 13.9.